The van der Waals surface area contributed by atoms with Crippen LogP contribution in [-0.4, -0.2) is 6.79 Å². The van der Waals surface area contributed by atoms with E-state index in [4.69, 9.17) is 19.9 Å². The van der Waals surface area contributed by atoms with Crippen molar-refractivity contribution < 1.29 is 18.6 Å². The average molecular weight is 354 g/mol. The van der Waals surface area contributed by atoms with Gasteiger partial charge in [-0.2, -0.15) is 0 Å². The first-order chi connectivity index (χ1) is 10.2. The maximum Gasteiger partial charge on any atom is 0.231 e. The van der Waals surface area contributed by atoms with Crippen LogP contribution in [0.1, 0.15) is 11.1 Å². The number of nitrogens with two attached hydrogens (primary N) is 1. The summed E-state index contributed by atoms with van der Waals surface area (Å²) in [7, 11) is 0. The fourth-order valence-corrected chi connectivity index (χ4v) is 2.52. The standard InChI is InChI=1S/C15H13BrFNO3/c16-14-10(6-18)2-4-12(15(14)17)19-7-9-1-3-11-13(5-9)21-8-20-11/h1-5H,6-8,18H2. The van der Waals surface area contributed by atoms with Crippen molar-refractivity contribution in [3.8, 4) is 17.2 Å². The van der Waals surface area contributed by atoms with Crippen molar-refractivity contribution in [1.29, 1.82) is 0 Å². The van der Waals surface area contributed by atoms with Gasteiger partial charge in [-0.05, 0) is 45.3 Å². The highest BCUT2D eigenvalue weighted by Gasteiger charge is 2.15. The summed E-state index contributed by atoms with van der Waals surface area (Å²) < 4.78 is 30.5. The van der Waals surface area contributed by atoms with Crippen LogP contribution >= 0.6 is 15.9 Å². The molecule has 0 bridgehead atoms. The van der Waals surface area contributed by atoms with Crippen LogP contribution in [0.3, 0.4) is 0 Å². The van der Waals surface area contributed by atoms with E-state index in [1.165, 1.54) is 0 Å². The van der Waals surface area contributed by atoms with Gasteiger partial charge < -0.3 is 19.9 Å². The van der Waals surface area contributed by atoms with Gasteiger partial charge in [-0.15, -0.1) is 0 Å². The lowest BCUT2D eigenvalue weighted by Gasteiger charge is -2.10. The highest BCUT2D eigenvalue weighted by molar-refractivity contribution is 9.10. The zero-order valence-corrected chi connectivity index (χ0v) is 12.7. The van der Waals surface area contributed by atoms with Gasteiger partial charge in [0.1, 0.15) is 6.61 Å². The van der Waals surface area contributed by atoms with E-state index in [0.717, 1.165) is 5.56 Å². The first kappa shape index (κ1) is 14.2. The van der Waals surface area contributed by atoms with Crippen LogP contribution < -0.4 is 19.9 Å². The fraction of sp³-hybridized carbons (Fsp3) is 0.200. The first-order valence-electron chi connectivity index (χ1n) is 6.37. The fourth-order valence-electron chi connectivity index (χ4n) is 2.03. The van der Waals surface area contributed by atoms with Crippen molar-refractivity contribution in [2.24, 2.45) is 5.73 Å². The Bertz CT molecular complexity index is 678. The summed E-state index contributed by atoms with van der Waals surface area (Å²) in [5.74, 6) is 1.12. The Morgan fingerprint density at radius 2 is 2.00 bits per heavy atom. The predicted octanol–water partition coefficient (Wildman–Crippen LogP) is 3.35. The number of hydrogen-bond donors (Lipinski definition) is 1. The van der Waals surface area contributed by atoms with Crippen LogP contribution in [0.25, 0.3) is 0 Å². The normalized spacial score (nSPS) is 12.5. The molecule has 1 heterocycles. The van der Waals surface area contributed by atoms with Gasteiger partial charge in [0.05, 0.1) is 4.47 Å². The summed E-state index contributed by atoms with van der Waals surface area (Å²) in [6.45, 7) is 0.726. The number of rotatable bonds is 4. The van der Waals surface area contributed by atoms with Crippen LogP contribution in [0.15, 0.2) is 34.8 Å². The molecule has 3 rings (SSSR count). The summed E-state index contributed by atoms with van der Waals surface area (Å²) in [6, 6.07) is 8.81. The van der Waals surface area contributed by atoms with Gasteiger partial charge >= 0.3 is 0 Å². The van der Waals surface area contributed by atoms with E-state index in [0.29, 0.717) is 21.5 Å². The van der Waals surface area contributed by atoms with E-state index >= 15 is 0 Å². The second-order valence-corrected chi connectivity index (χ2v) is 5.32. The lowest BCUT2D eigenvalue weighted by molar-refractivity contribution is 0.174. The molecular formula is C15H13BrFNO3. The van der Waals surface area contributed by atoms with Crippen molar-refractivity contribution in [3.63, 3.8) is 0 Å². The van der Waals surface area contributed by atoms with Gasteiger partial charge in [0.25, 0.3) is 0 Å². The van der Waals surface area contributed by atoms with E-state index in [-0.39, 0.29) is 25.7 Å². The van der Waals surface area contributed by atoms with Gasteiger partial charge in [0, 0.05) is 6.54 Å². The highest BCUT2D eigenvalue weighted by atomic mass is 79.9. The molecule has 0 amide bonds. The molecule has 6 heteroatoms. The Labute approximate surface area is 129 Å². The van der Waals surface area contributed by atoms with Gasteiger partial charge in [-0.1, -0.05) is 12.1 Å². The van der Waals surface area contributed by atoms with E-state index in [1.54, 1.807) is 12.1 Å². The molecule has 21 heavy (non-hydrogen) atoms. The third-order valence-electron chi connectivity index (χ3n) is 3.18. The quantitative estimate of drug-likeness (QED) is 0.915. The van der Waals surface area contributed by atoms with E-state index in [9.17, 15) is 4.39 Å². The second-order valence-electron chi connectivity index (χ2n) is 4.53. The van der Waals surface area contributed by atoms with Gasteiger partial charge in [-0.3, -0.25) is 0 Å². The summed E-state index contributed by atoms with van der Waals surface area (Å²) in [4.78, 5) is 0. The minimum Gasteiger partial charge on any atom is -0.486 e. The molecule has 1 aliphatic heterocycles. The number of ether oxygens (including phenoxy) is 3. The maximum atomic E-state index is 14.1. The Balaban J connectivity index is 1.74. The number of halogens is 2. The average Bonchev–Trinajstić information content (AvgIpc) is 2.96. The molecule has 0 unspecified atom stereocenters. The minimum absolute atomic E-state index is 0.178. The van der Waals surface area contributed by atoms with Gasteiger partial charge in [-0.25, -0.2) is 4.39 Å². The van der Waals surface area contributed by atoms with Crippen LogP contribution in [0.5, 0.6) is 17.2 Å². The molecule has 1 aliphatic rings. The highest BCUT2D eigenvalue weighted by Crippen LogP contribution is 2.33. The summed E-state index contributed by atoms with van der Waals surface area (Å²) in [5.41, 5.74) is 7.09. The van der Waals surface area contributed by atoms with E-state index in [2.05, 4.69) is 15.9 Å². The molecule has 0 fully saturated rings. The molecule has 2 aromatic rings. The molecule has 0 saturated heterocycles. The zero-order chi connectivity index (χ0) is 14.8. The molecule has 2 N–H and O–H groups in total. The third-order valence-corrected chi connectivity index (χ3v) is 4.04. The smallest absolute Gasteiger partial charge is 0.231 e. The Morgan fingerprint density at radius 3 is 2.81 bits per heavy atom. The predicted molar refractivity (Wildman–Crippen MR) is 78.9 cm³/mol. The van der Waals surface area contributed by atoms with E-state index < -0.39 is 5.82 Å². The zero-order valence-electron chi connectivity index (χ0n) is 11.1. The molecule has 2 aromatic carbocycles. The molecule has 0 radical (unpaired) electrons. The number of hydrogen-bond acceptors (Lipinski definition) is 4. The Kier molecular flexibility index (Phi) is 3.98. The lowest BCUT2D eigenvalue weighted by atomic mass is 10.2. The van der Waals surface area contributed by atoms with Gasteiger partial charge in [0.2, 0.25) is 6.79 Å². The molecule has 0 saturated carbocycles. The number of benzene rings is 2. The van der Waals surface area contributed by atoms with E-state index in [1.807, 2.05) is 18.2 Å². The Hall–Kier alpha value is -1.79. The number of fused-ring (bicyclic) bond motifs is 1. The topological polar surface area (TPSA) is 53.7 Å². The lowest BCUT2D eigenvalue weighted by Crippen LogP contribution is -2.02. The summed E-state index contributed by atoms with van der Waals surface area (Å²) in [6.07, 6.45) is 0. The molecule has 0 atom stereocenters. The van der Waals surface area contributed by atoms with Crippen LogP contribution in [0, 0.1) is 5.82 Å². The van der Waals surface area contributed by atoms with Gasteiger partial charge in [0.15, 0.2) is 23.1 Å². The SMILES string of the molecule is NCc1ccc(OCc2ccc3c(c2)OCO3)c(F)c1Br. The summed E-state index contributed by atoms with van der Waals surface area (Å²) >= 11 is 3.19. The van der Waals surface area contributed by atoms with Crippen molar-refractivity contribution >= 4 is 15.9 Å². The van der Waals surface area contributed by atoms with Crippen LogP contribution in [0.2, 0.25) is 0 Å². The van der Waals surface area contributed by atoms with Crippen molar-refractivity contribution in [3.05, 3.63) is 51.7 Å². The minimum atomic E-state index is -0.446. The summed E-state index contributed by atoms with van der Waals surface area (Å²) in [5, 5.41) is 0. The second kappa shape index (κ2) is 5.91. The molecular weight excluding hydrogens is 341 g/mol. The molecule has 110 valence electrons. The molecule has 0 aromatic heterocycles. The maximum absolute atomic E-state index is 14.1. The Morgan fingerprint density at radius 1 is 1.19 bits per heavy atom. The van der Waals surface area contributed by atoms with Crippen LogP contribution in [0.4, 0.5) is 4.39 Å². The van der Waals surface area contributed by atoms with Crippen molar-refractivity contribution in [2.75, 3.05) is 6.79 Å². The van der Waals surface area contributed by atoms with Crippen molar-refractivity contribution in [1.82, 2.24) is 0 Å². The largest absolute Gasteiger partial charge is 0.486 e. The monoisotopic (exact) mass is 353 g/mol. The third kappa shape index (κ3) is 2.82. The molecule has 4 nitrogen and oxygen atoms in total. The molecule has 0 aliphatic carbocycles. The first-order valence-corrected chi connectivity index (χ1v) is 7.16. The van der Waals surface area contributed by atoms with Crippen LogP contribution in [-0.2, 0) is 13.2 Å². The molecule has 0 spiro atoms. The van der Waals surface area contributed by atoms with Crippen molar-refractivity contribution in [2.45, 2.75) is 13.2 Å².